The van der Waals surface area contributed by atoms with Gasteiger partial charge in [-0.15, -0.1) is 0 Å². The number of carbonyl (C=O) groups excluding carboxylic acids is 1. The van der Waals surface area contributed by atoms with Crippen LogP contribution in [0.5, 0.6) is 0 Å². The van der Waals surface area contributed by atoms with Gasteiger partial charge >= 0.3 is 5.97 Å². The molecule has 5 heteroatoms. The van der Waals surface area contributed by atoms with Crippen molar-refractivity contribution in [3.8, 4) is 0 Å². The Morgan fingerprint density at radius 2 is 2.10 bits per heavy atom. The maximum Gasteiger partial charge on any atom is 0.308 e. The van der Waals surface area contributed by atoms with E-state index in [0.29, 0.717) is 0 Å². The quantitative estimate of drug-likeness (QED) is 0.593. The molecule has 1 atom stereocenters. The number of rotatable bonds is 2. The smallest absolute Gasteiger partial charge is 0.308 e. The Balaban J connectivity index is 0. The van der Waals surface area contributed by atoms with Crippen LogP contribution in [0.3, 0.4) is 0 Å². The first-order chi connectivity index (χ1) is 4.66. The first-order valence-corrected chi connectivity index (χ1v) is 8.84. The number of hydrogen-bond donors (Lipinski definition) is 1. The van der Waals surface area contributed by atoms with Crippen LogP contribution < -0.4 is 0 Å². The Morgan fingerprint density at radius 3 is 2.20 bits per heavy atom. The van der Waals surface area contributed by atoms with E-state index >= 15 is 0 Å². The van der Waals surface area contributed by atoms with Crippen molar-refractivity contribution < 1.29 is 14.6 Å². The Bertz CT molecular complexity index is 85.0. The van der Waals surface area contributed by atoms with E-state index in [2.05, 4.69) is 42.0 Å². The summed E-state index contributed by atoms with van der Waals surface area (Å²) in [5.74, 6) is -0.375. The zero-order chi connectivity index (χ0) is 8.57. The van der Waals surface area contributed by atoms with Crippen molar-refractivity contribution in [1.82, 2.24) is 0 Å². The van der Waals surface area contributed by atoms with E-state index in [4.69, 9.17) is 5.11 Å². The van der Waals surface area contributed by atoms with Gasteiger partial charge in [-0.1, -0.05) is 0 Å². The lowest BCUT2D eigenvalue weighted by atomic mass is 10.3. The SMILES string of the molecule is COC(=O)CC(C)O.II. The largest absolute Gasteiger partial charge is 0.469 e. The summed E-state index contributed by atoms with van der Waals surface area (Å²) in [4.78, 5) is 10.2. The van der Waals surface area contributed by atoms with E-state index in [1.54, 1.807) is 0 Å². The predicted molar refractivity (Wildman–Crippen MR) is 56.4 cm³/mol. The van der Waals surface area contributed by atoms with Crippen molar-refractivity contribution in [2.45, 2.75) is 19.4 Å². The van der Waals surface area contributed by atoms with Gasteiger partial charge in [-0.05, 0) is 6.92 Å². The zero-order valence-electron chi connectivity index (χ0n) is 5.80. The maximum absolute atomic E-state index is 10.2. The fraction of sp³-hybridized carbons (Fsp3) is 0.800. The second-order valence-electron chi connectivity index (χ2n) is 1.63. The molecule has 0 aromatic carbocycles. The molecule has 3 nitrogen and oxygen atoms in total. The first kappa shape index (κ1) is 13.5. The molecule has 0 aromatic heterocycles. The van der Waals surface area contributed by atoms with Gasteiger partial charge in [-0.25, -0.2) is 0 Å². The van der Waals surface area contributed by atoms with Crippen molar-refractivity contribution in [2.75, 3.05) is 7.11 Å². The third kappa shape index (κ3) is 11.7. The van der Waals surface area contributed by atoms with E-state index in [1.165, 1.54) is 14.0 Å². The minimum Gasteiger partial charge on any atom is -0.469 e. The van der Waals surface area contributed by atoms with E-state index in [-0.39, 0.29) is 12.4 Å². The lowest BCUT2D eigenvalue weighted by Crippen LogP contribution is -2.10. The van der Waals surface area contributed by atoms with Crippen molar-refractivity contribution in [3.05, 3.63) is 0 Å². The normalized spacial score (nSPS) is 10.9. The summed E-state index contributed by atoms with van der Waals surface area (Å²) in [7, 11) is 1.30. The van der Waals surface area contributed by atoms with Gasteiger partial charge in [0.2, 0.25) is 0 Å². The second-order valence-corrected chi connectivity index (χ2v) is 1.63. The number of esters is 1. The summed E-state index contributed by atoms with van der Waals surface area (Å²) in [5.41, 5.74) is 0. The average molecular weight is 372 g/mol. The molecule has 0 rings (SSSR count). The van der Waals surface area contributed by atoms with Crippen molar-refractivity contribution in [1.29, 1.82) is 0 Å². The number of hydrogen-bond acceptors (Lipinski definition) is 3. The Morgan fingerprint density at radius 1 is 1.70 bits per heavy atom. The molecule has 0 heterocycles. The zero-order valence-corrected chi connectivity index (χ0v) is 10.1. The maximum atomic E-state index is 10.2. The van der Waals surface area contributed by atoms with Gasteiger partial charge < -0.3 is 9.84 Å². The molecule has 0 bridgehead atoms. The van der Waals surface area contributed by atoms with Crippen LogP contribution in [0.2, 0.25) is 0 Å². The van der Waals surface area contributed by atoms with Gasteiger partial charge in [0.05, 0.1) is 19.6 Å². The third-order valence-electron chi connectivity index (χ3n) is 0.690. The molecule has 0 spiro atoms. The summed E-state index contributed by atoms with van der Waals surface area (Å²) in [6, 6.07) is 0. The summed E-state index contributed by atoms with van der Waals surface area (Å²) in [6.45, 7) is 1.54. The Hall–Kier alpha value is 0.890. The Labute approximate surface area is 83.8 Å². The second kappa shape index (κ2) is 9.89. The van der Waals surface area contributed by atoms with Crippen LogP contribution in [-0.2, 0) is 9.53 Å². The molecule has 0 saturated carbocycles. The summed E-state index contributed by atoms with van der Waals surface area (Å²) in [5, 5.41) is 8.55. The van der Waals surface area contributed by atoms with Crippen LogP contribution in [0, 0.1) is 0 Å². The van der Waals surface area contributed by atoms with Gasteiger partial charge in [0.15, 0.2) is 0 Å². The molecule has 0 aliphatic carbocycles. The van der Waals surface area contributed by atoms with Crippen molar-refractivity contribution in [2.24, 2.45) is 0 Å². The van der Waals surface area contributed by atoms with Gasteiger partial charge in [0.1, 0.15) is 0 Å². The highest BCUT2D eigenvalue weighted by molar-refractivity contribution is 15.0. The number of halogens is 2. The summed E-state index contributed by atoms with van der Waals surface area (Å²) < 4.78 is 4.26. The topological polar surface area (TPSA) is 46.5 Å². The lowest BCUT2D eigenvalue weighted by Gasteiger charge is -1.99. The highest BCUT2D eigenvalue weighted by Gasteiger charge is 2.03. The van der Waals surface area contributed by atoms with E-state index in [1.807, 2.05) is 0 Å². The molecule has 0 amide bonds. The van der Waals surface area contributed by atoms with Gasteiger partial charge in [-0.3, -0.25) is 4.79 Å². The molecule has 1 unspecified atom stereocenters. The molecule has 0 aliphatic heterocycles. The minimum absolute atomic E-state index is 0.0799. The number of ether oxygens (including phenoxy) is 1. The van der Waals surface area contributed by atoms with Crippen LogP contribution >= 0.6 is 37.2 Å². The molecule has 1 N–H and O–H groups in total. The minimum atomic E-state index is -0.595. The fourth-order valence-electron chi connectivity index (χ4n) is 0.325. The number of aliphatic hydroxyl groups is 1. The van der Waals surface area contributed by atoms with E-state index in [9.17, 15) is 4.79 Å². The van der Waals surface area contributed by atoms with Crippen molar-refractivity contribution in [3.63, 3.8) is 0 Å². The molecule has 0 aliphatic rings. The van der Waals surface area contributed by atoms with Crippen LogP contribution in [0.15, 0.2) is 0 Å². The molecule has 0 aromatic rings. The monoisotopic (exact) mass is 372 g/mol. The highest BCUT2D eigenvalue weighted by Crippen LogP contribution is 1.89. The molecular formula is C5H10I2O3. The number of methoxy groups -OCH3 is 1. The molecule has 0 fully saturated rings. The summed E-state index contributed by atoms with van der Waals surface area (Å²) >= 11 is 4.24. The Kier molecular flexibility index (Phi) is 13.3. The molecule has 0 saturated heterocycles. The first-order valence-electron chi connectivity index (χ1n) is 2.56. The predicted octanol–water partition coefficient (Wildman–Crippen LogP) is 1.70. The van der Waals surface area contributed by atoms with Crippen LogP contribution in [-0.4, -0.2) is 24.3 Å². The van der Waals surface area contributed by atoms with Gasteiger partial charge in [-0.2, -0.15) is 0 Å². The van der Waals surface area contributed by atoms with Crippen molar-refractivity contribution >= 4 is 43.2 Å². The molecular weight excluding hydrogens is 362 g/mol. The molecule has 0 radical (unpaired) electrons. The standard InChI is InChI=1S/C5H10O3.I2/c1-4(6)3-5(7)8-2;1-2/h4,6H,3H2,1-2H3;. The summed E-state index contributed by atoms with van der Waals surface area (Å²) in [6.07, 6.45) is -0.515. The van der Waals surface area contributed by atoms with E-state index < -0.39 is 6.10 Å². The number of carbonyl (C=O) groups is 1. The van der Waals surface area contributed by atoms with Crippen LogP contribution in [0.4, 0.5) is 0 Å². The lowest BCUT2D eigenvalue weighted by molar-refractivity contribution is -0.142. The highest BCUT2D eigenvalue weighted by atomic mass is 128. The third-order valence-corrected chi connectivity index (χ3v) is 0.690. The van der Waals surface area contributed by atoms with E-state index in [0.717, 1.165) is 0 Å². The van der Waals surface area contributed by atoms with Crippen LogP contribution in [0.1, 0.15) is 13.3 Å². The fourth-order valence-corrected chi connectivity index (χ4v) is 0.325. The van der Waals surface area contributed by atoms with Gasteiger partial charge in [0.25, 0.3) is 0 Å². The van der Waals surface area contributed by atoms with Crippen LogP contribution in [0.25, 0.3) is 0 Å². The van der Waals surface area contributed by atoms with Gasteiger partial charge in [0, 0.05) is 37.2 Å². The average Bonchev–Trinajstić information content (AvgIpc) is 1.91. The molecule has 62 valence electrons. The number of aliphatic hydroxyl groups excluding tert-OH is 1. The molecule has 10 heavy (non-hydrogen) atoms.